The first-order valence-electron chi connectivity index (χ1n) is 5.84. The van der Waals surface area contributed by atoms with Gasteiger partial charge in [-0.1, -0.05) is 0 Å². The monoisotopic (exact) mass is 226 g/mol. The first kappa shape index (κ1) is 11.4. The summed E-state index contributed by atoms with van der Waals surface area (Å²) in [6.07, 6.45) is 3.12. The molecule has 0 radical (unpaired) electrons. The molecule has 4 unspecified atom stereocenters. The summed E-state index contributed by atoms with van der Waals surface area (Å²) in [7, 11) is 0. The van der Waals surface area contributed by atoms with E-state index in [1.165, 1.54) is 6.42 Å². The van der Waals surface area contributed by atoms with E-state index in [9.17, 15) is 9.59 Å². The second-order valence-corrected chi connectivity index (χ2v) is 4.90. The lowest BCUT2D eigenvalue weighted by molar-refractivity contribution is -0.137. The van der Waals surface area contributed by atoms with E-state index in [0.29, 0.717) is 12.1 Å². The maximum absolute atomic E-state index is 11.9. The molecular weight excluding hydrogens is 208 g/mol. The molecule has 5 nitrogen and oxygen atoms in total. The summed E-state index contributed by atoms with van der Waals surface area (Å²) >= 11 is 0. The molecule has 16 heavy (non-hydrogen) atoms. The Morgan fingerprint density at radius 3 is 2.75 bits per heavy atom. The topological polar surface area (TPSA) is 78.4 Å². The van der Waals surface area contributed by atoms with Gasteiger partial charge in [-0.2, -0.15) is 0 Å². The van der Waals surface area contributed by atoms with Gasteiger partial charge in [0, 0.05) is 18.1 Å². The predicted molar refractivity (Wildman–Crippen MR) is 57.9 cm³/mol. The molecule has 0 spiro atoms. The van der Waals surface area contributed by atoms with Crippen molar-refractivity contribution >= 4 is 11.9 Å². The summed E-state index contributed by atoms with van der Waals surface area (Å²) in [6.45, 7) is 1.73. The molecular formula is C11H18N2O3. The number of carboxylic acids is 1. The van der Waals surface area contributed by atoms with Gasteiger partial charge in [0.05, 0.1) is 12.3 Å². The van der Waals surface area contributed by atoms with Crippen molar-refractivity contribution in [1.82, 2.24) is 10.6 Å². The molecule has 2 heterocycles. The summed E-state index contributed by atoms with van der Waals surface area (Å²) in [5.41, 5.74) is 0. The van der Waals surface area contributed by atoms with Crippen molar-refractivity contribution in [2.45, 2.75) is 50.7 Å². The van der Waals surface area contributed by atoms with Crippen LogP contribution in [0, 0.1) is 5.92 Å². The van der Waals surface area contributed by atoms with Crippen molar-refractivity contribution in [3.63, 3.8) is 0 Å². The lowest BCUT2D eigenvalue weighted by atomic mass is 9.88. The van der Waals surface area contributed by atoms with Crippen LogP contribution >= 0.6 is 0 Å². The second kappa shape index (κ2) is 4.41. The fourth-order valence-electron chi connectivity index (χ4n) is 2.78. The van der Waals surface area contributed by atoms with Crippen LogP contribution in [0.4, 0.5) is 0 Å². The number of rotatable bonds is 4. The highest BCUT2D eigenvalue weighted by Crippen LogP contribution is 2.33. The average Bonchev–Trinajstić information content (AvgIpc) is 2.76. The quantitative estimate of drug-likeness (QED) is 0.635. The third kappa shape index (κ3) is 2.35. The summed E-state index contributed by atoms with van der Waals surface area (Å²) in [4.78, 5) is 22.4. The third-order valence-corrected chi connectivity index (χ3v) is 3.51. The Morgan fingerprint density at radius 1 is 1.50 bits per heavy atom. The first-order chi connectivity index (χ1) is 7.56. The number of carbonyl (C=O) groups excluding carboxylic acids is 1. The van der Waals surface area contributed by atoms with Crippen LogP contribution in [0.3, 0.4) is 0 Å². The normalized spacial score (nSPS) is 33.7. The zero-order chi connectivity index (χ0) is 11.7. The zero-order valence-electron chi connectivity index (χ0n) is 9.40. The Labute approximate surface area is 94.6 Å². The largest absolute Gasteiger partial charge is 0.481 e. The van der Waals surface area contributed by atoms with Crippen molar-refractivity contribution in [2.75, 3.05) is 0 Å². The summed E-state index contributed by atoms with van der Waals surface area (Å²) in [5, 5.41) is 14.8. The zero-order valence-corrected chi connectivity index (χ0v) is 9.40. The molecule has 0 aromatic rings. The van der Waals surface area contributed by atoms with E-state index in [2.05, 4.69) is 10.6 Å². The molecule has 2 bridgehead atoms. The smallest absolute Gasteiger partial charge is 0.305 e. The molecule has 90 valence electrons. The summed E-state index contributed by atoms with van der Waals surface area (Å²) in [6, 6.07) is 0.515. The van der Waals surface area contributed by atoms with Crippen LogP contribution < -0.4 is 10.6 Å². The van der Waals surface area contributed by atoms with E-state index in [-0.39, 0.29) is 24.3 Å². The molecule has 5 heteroatoms. The Morgan fingerprint density at radius 2 is 2.25 bits per heavy atom. The number of hydrogen-bond donors (Lipinski definition) is 3. The van der Waals surface area contributed by atoms with Gasteiger partial charge in [-0.25, -0.2) is 0 Å². The minimum Gasteiger partial charge on any atom is -0.481 e. The summed E-state index contributed by atoms with van der Waals surface area (Å²) < 4.78 is 0. The van der Waals surface area contributed by atoms with Gasteiger partial charge in [0.2, 0.25) is 5.91 Å². The van der Waals surface area contributed by atoms with Gasteiger partial charge in [0.25, 0.3) is 0 Å². The molecule has 0 aromatic carbocycles. The lowest BCUT2D eigenvalue weighted by Gasteiger charge is -2.21. The van der Waals surface area contributed by atoms with Crippen molar-refractivity contribution in [3.05, 3.63) is 0 Å². The van der Waals surface area contributed by atoms with Gasteiger partial charge >= 0.3 is 5.97 Å². The highest BCUT2D eigenvalue weighted by Gasteiger charge is 2.42. The van der Waals surface area contributed by atoms with Crippen LogP contribution in [0.1, 0.15) is 32.6 Å². The fourth-order valence-corrected chi connectivity index (χ4v) is 2.78. The van der Waals surface area contributed by atoms with Gasteiger partial charge in [-0.15, -0.1) is 0 Å². The maximum atomic E-state index is 11.9. The molecule has 2 rings (SSSR count). The average molecular weight is 226 g/mol. The molecule has 2 fully saturated rings. The highest BCUT2D eigenvalue weighted by molar-refractivity contribution is 5.81. The highest BCUT2D eigenvalue weighted by atomic mass is 16.4. The van der Waals surface area contributed by atoms with Gasteiger partial charge in [-0.05, 0) is 26.2 Å². The van der Waals surface area contributed by atoms with Gasteiger partial charge in [0.1, 0.15) is 0 Å². The molecule has 3 N–H and O–H groups in total. The van der Waals surface area contributed by atoms with Crippen molar-refractivity contribution in [1.29, 1.82) is 0 Å². The minimum atomic E-state index is -0.876. The number of amides is 1. The molecule has 2 aliphatic heterocycles. The number of carboxylic acid groups (broad SMARTS) is 1. The van der Waals surface area contributed by atoms with Gasteiger partial charge in [0.15, 0.2) is 0 Å². The van der Waals surface area contributed by atoms with Crippen LogP contribution in [0.2, 0.25) is 0 Å². The van der Waals surface area contributed by atoms with E-state index < -0.39 is 5.97 Å². The van der Waals surface area contributed by atoms with E-state index >= 15 is 0 Å². The second-order valence-electron chi connectivity index (χ2n) is 4.90. The van der Waals surface area contributed by atoms with E-state index in [1.807, 2.05) is 0 Å². The number of carbonyl (C=O) groups is 2. The summed E-state index contributed by atoms with van der Waals surface area (Å²) in [5.74, 6) is -0.831. The Balaban J connectivity index is 1.82. The van der Waals surface area contributed by atoms with Gasteiger partial charge in [-0.3, -0.25) is 9.59 Å². The Bertz CT molecular complexity index is 306. The molecule has 0 aromatic heterocycles. The van der Waals surface area contributed by atoms with Crippen molar-refractivity contribution < 1.29 is 14.7 Å². The predicted octanol–water partition coefficient (Wildman–Crippen LogP) is 0.106. The third-order valence-electron chi connectivity index (χ3n) is 3.51. The fraction of sp³-hybridized carbons (Fsp3) is 0.818. The minimum absolute atomic E-state index is 0.00782. The van der Waals surface area contributed by atoms with Crippen molar-refractivity contribution in [3.8, 4) is 0 Å². The molecule has 0 aliphatic carbocycles. The number of aliphatic carboxylic acids is 1. The van der Waals surface area contributed by atoms with Crippen LogP contribution in [0.15, 0.2) is 0 Å². The van der Waals surface area contributed by atoms with E-state index in [1.54, 1.807) is 6.92 Å². The van der Waals surface area contributed by atoms with Crippen LogP contribution in [-0.2, 0) is 9.59 Å². The Kier molecular flexibility index (Phi) is 3.14. The first-order valence-corrected chi connectivity index (χ1v) is 5.84. The standard InChI is InChI=1S/C11H18N2O3/c1-6(4-10(14)15)12-11(16)8-5-7-2-3-9(8)13-7/h6-9,13H,2-5H2,1H3,(H,12,16)(H,14,15). The van der Waals surface area contributed by atoms with Crippen LogP contribution in [0.5, 0.6) is 0 Å². The van der Waals surface area contributed by atoms with Crippen molar-refractivity contribution in [2.24, 2.45) is 5.92 Å². The molecule has 1 amide bonds. The number of hydrogen-bond acceptors (Lipinski definition) is 3. The molecule has 2 saturated heterocycles. The Hall–Kier alpha value is -1.10. The number of fused-ring (bicyclic) bond motifs is 2. The molecule has 4 atom stereocenters. The van der Waals surface area contributed by atoms with Gasteiger partial charge < -0.3 is 15.7 Å². The molecule has 0 saturated carbocycles. The SMILES string of the molecule is CC(CC(=O)O)NC(=O)C1CC2CCC1N2. The lowest BCUT2D eigenvalue weighted by Crippen LogP contribution is -2.42. The molecule has 2 aliphatic rings. The number of nitrogens with one attached hydrogen (secondary N) is 2. The van der Waals surface area contributed by atoms with Crippen LogP contribution in [-0.4, -0.2) is 35.1 Å². The van der Waals surface area contributed by atoms with E-state index in [4.69, 9.17) is 5.11 Å². The van der Waals surface area contributed by atoms with Crippen LogP contribution in [0.25, 0.3) is 0 Å². The maximum Gasteiger partial charge on any atom is 0.305 e. The van der Waals surface area contributed by atoms with E-state index in [0.717, 1.165) is 12.8 Å².